The number of para-hydroxylation sites is 1. The lowest BCUT2D eigenvalue weighted by Gasteiger charge is -2.19. The molecule has 16 heavy (non-hydrogen) atoms. The first kappa shape index (κ1) is 11.2. The summed E-state index contributed by atoms with van der Waals surface area (Å²) in [7, 11) is 0. The van der Waals surface area contributed by atoms with E-state index in [9.17, 15) is 4.39 Å². The molecule has 0 aromatic heterocycles. The van der Waals surface area contributed by atoms with Crippen LogP contribution in [0.3, 0.4) is 0 Å². The standard InChI is InChI=1S/C14H18FN/c1-2-3-7-13(11-9-10-11)16-14-8-5-4-6-12(14)15/h2,4-6,8,11,13,16H,1,3,7,9-10H2. The van der Waals surface area contributed by atoms with Gasteiger partial charge in [-0.3, -0.25) is 0 Å². The van der Waals surface area contributed by atoms with Crippen molar-refractivity contribution in [3.8, 4) is 0 Å². The number of anilines is 1. The topological polar surface area (TPSA) is 12.0 Å². The predicted molar refractivity (Wildman–Crippen MR) is 66.0 cm³/mol. The Balaban J connectivity index is 1.99. The molecule has 1 aromatic carbocycles. The summed E-state index contributed by atoms with van der Waals surface area (Å²) >= 11 is 0. The Morgan fingerprint density at radius 1 is 1.44 bits per heavy atom. The molecule has 1 nitrogen and oxygen atoms in total. The van der Waals surface area contributed by atoms with Crippen LogP contribution >= 0.6 is 0 Å². The van der Waals surface area contributed by atoms with Gasteiger partial charge in [-0.2, -0.15) is 0 Å². The number of hydrogen-bond acceptors (Lipinski definition) is 1. The van der Waals surface area contributed by atoms with Crippen LogP contribution in [0, 0.1) is 11.7 Å². The average molecular weight is 219 g/mol. The molecule has 0 amide bonds. The lowest BCUT2D eigenvalue weighted by atomic mass is 10.1. The number of allylic oxidation sites excluding steroid dienone is 1. The van der Waals surface area contributed by atoms with Crippen LogP contribution in [0.4, 0.5) is 10.1 Å². The molecule has 1 aliphatic carbocycles. The predicted octanol–water partition coefficient (Wildman–Crippen LogP) is 3.98. The Morgan fingerprint density at radius 2 is 2.19 bits per heavy atom. The van der Waals surface area contributed by atoms with Crippen molar-refractivity contribution in [1.82, 2.24) is 0 Å². The fourth-order valence-corrected chi connectivity index (χ4v) is 2.00. The Labute approximate surface area is 96.4 Å². The maximum Gasteiger partial charge on any atom is 0.146 e. The van der Waals surface area contributed by atoms with Crippen molar-refractivity contribution < 1.29 is 4.39 Å². The van der Waals surface area contributed by atoms with E-state index in [2.05, 4.69) is 11.9 Å². The normalized spacial score (nSPS) is 16.8. The van der Waals surface area contributed by atoms with Crippen LogP contribution in [-0.4, -0.2) is 6.04 Å². The van der Waals surface area contributed by atoms with Gasteiger partial charge in [0, 0.05) is 6.04 Å². The summed E-state index contributed by atoms with van der Waals surface area (Å²) in [5, 5.41) is 3.32. The van der Waals surface area contributed by atoms with Crippen LogP contribution in [0.15, 0.2) is 36.9 Å². The molecule has 0 radical (unpaired) electrons. The van der Waals surface area contributed by atoms with Gasteiger partial charge >= 0.3 is 0 Å². The van der Waals surface area contributed by atoms with Gasteiger partial charge in [-0.25, -0.2) is 4.39 Å². The Kier molecular flexibility index (Phi) is 3.60. The fourth-order valence-electron chi connectivity index (χ4n) is 2.00. The van der Waals surface area contributed by atoms with E-state index >= 15 is 0 Å². The minimum absolute atomic E-state index is 0.160. The van der Waals surface area contributed by atoms with E-state index in [0.29, 0.717) is 11.7 Å². The zero-order chi connectivity index (χ0) is 11.4. The molecule has 2 rings (SSSR count). The molecular formula is C14H18FN. The van der Waals surface area contributed by atoms with Gasteiger partial charge in [-0.15, -0.1) is 6.58 Å². The van der Waals surface area contributed by atoms with E-state index in [-0.39, 0.29) is 5.82 Å². The maximum atomic E-state index is 13.5. The molecule has 0 saturated heterocycles. The molecule has 1 N–H and O–H groups in total. The molecule has 86 valence electrons. The largest absolute Gasteiger partial charge is 0.380 e. The number of rotatable bonds is 6. The highest BCUT2D eigenvalue weighted by Gasteiger charge is 2.30. The second-order valence-electron chi connectivity index (χ2n) is 4.43. The first-order valence-corrected chi connectivity index (χ1v) is 5.93. The molecule has 0 spiro atoms. The van der Waals surface area contributed by atoms with Crippen molar-refractivity contribution in [2.45, 2.75) is 31.7 Å². The zero-order valence-corrected chi connectivity index (χ0v) is 9.45. The minimum Gasteiger partial charge on any atom is -0.380 e. The minimum atomic E-state index is -0.160. The second kappa shape index (κ2) is 5.15. The van der Waals surface area contributed by atoms with E-state index < -0.39 is 0 Å². The smallest absolute Gasteiger partial charge is 0.146 e. The van der Waals surface area contributed by atoms with E-state index in [1.54, 1.807) is 12.1 Å². The van der Waals surface area contributed by atoms with Crippen LogP contribution in [0.1, 0.15) is 25.7 Å². The van der Waals surface area contributed by atoms with Crippen LogP contribution < -0.4 is 5.32 Å². The van der Waals surface area contributed by atoms with Gasteiger partial charge in [0.1, 0.15) is 5.82 Å². The monoisotopic (exact) mass is 219 g/mol. The first-order chi connectivity index (χ1) is 7.81. The van der Waals surface area contributed by atoms with Gasteiger partial charge in [0.05, 0.1) is 5.69 Å². The summed E-state index contributed by atoms with van der Waals surface area (Å²) in [6.45, 7) is 3.74. The average Bonchev–Trinajstić information content (AvgIpc) is 3.10. The quantitative estimate of drug-likeness (QED) is 0.713. The lowest BCUT2D eigenvalue weighted by molar-refractivity contribution is 0.578. The molecule has 1 fully saturated rings. The van der Waals surface area contributed by atoms with Crippen molar-refractivity contribution in [3.05, 3.63) is 42.7 Å². The Bertz CT molecular complexity index is 358. The Morgan fingerprint density at radius 3 is 2.81 bits per heavy atom. The number of benzene rings is 1. The van der Waals surface area contributed by atoms with Crippen LogP contribution in [0.5, 0.6) is 0 Å². The van der Waals surface area contributed by atoms with Crippen molar-refractivity contribution in [2.75, 3.05) is 5.32 Å². The van der Waals surface area contributed by atoms with Crippen molar-refractivity contribution in [1.29, 1.82) is 0 Å². The van der Waals surface area contributed by atoms with E-state index in [4.69, 9.17) is 0 Å². The van der Waals surface area contributed by atoms with Crippen molar-refractivity contribution in [3.63, 3.8) is 0 Å². The van der Waals surface area contributed by atoms with E-state index in [0.717, 1.165) is 18.8 Å². The third-order valence-electron chi connectivity index (χ3n) is 3.09. The molecule has 1 aromatic rings. The van der Waals surface area contributed by atoms with Gasteiger partial charge in [-0.05, 0) is 43.7 Å². The van der Waals surface area contributed by atoms with Gasteiger partial charge < -0.3 is 5.32 Å². The van der Waals surface area contributed by atoms with Crippen LogP contribution in [0.25, 0.3) is 0 Å². The fraction of sp³-hybridized carbons (Fsp3) is 0.429. The lowest BCUT2D eigenvalue weighted by Crippen LogP contribution is -2.22. The third-order valence-corrected chi connectivity index (χ3v) is 3.09. The van der Waals surface area contributed by atoms with Gasteiger partial charge in [0.25, 0.3) is 0 Å². The summed E-state index contributed by atoms with van der Waals surface area (Å²) in [6.07, 6.45) is 6.50. The molecular weight excluding hydrogens is 201 g/mol. The summed E-state index contributed by atoms with van der Waals surface area (Å²) < 4.78 is 13.5. The van der Waals surface area contributed by atoms with Crippen molar-refractivity contribution >= 4 is 5.69 Å². The molecule has 1 saturated carbocycles. The zero-order valence-electron chi connectivity index (χ0n) is 9.45. The van der Waals surface area contributed by atoms with Gasteiger partial charge in [0.2, 0.25) is 0 Å². The van der Waals surface area contributed by atoms with Crippen LogP contribution in [-0.2, 0) is 0 Å². The summed E-state index contributed by atoms with van der Waals surface area (Å²) in [5.74, 6) is 0.561. The Hall–Kier alpha value is -1.31. The SMILES string of the molecule is C=CCCC(Nc1ccccc1F)C1CC1. The molecule has 2 heteroatoms. The number of hydrogen-bond donors (Lipinski definition) is 1. The first-order valence-electron chi connectivity index (χ1n) is 5.93. The number of nitrogens with one attached hydrogen (secondary N) is 1. The van der Waals surface area contributed by atoms with E-state index in [1.807, 2.05) is 12.1 Å². The molecule has 0 bridgehead atoms. The molecule has 1 unspecified atom stereocenters. The van der Waals surface area contributed by atoms with Gasteiger partial charge in [0.15, 0.2) is 0 Å². The van der Waals surface area contributed by atoms with Crippen LogP contribution in [0.2, 0.25) is 0 Å². The maximum absolute atomic E-state index is 13.5. The van der Waals surface area contributed by atoms with Gasteiger partial charge in [-0.1, -0.05) is 18.2 Å². The van der Waals surface area contributed by atoms with Crippen molar-refractivity contribution in [2.24, 2.45) is 5.92 Å². The summed E-state index contributed by atoms with van der Waals surface area (Å²) in [4.78, 5) is 0. The highest BCUT2D eigenvalue weighted by atomic mass is 19.1. The highest BCUT2D eigenvalue weighted by Crippen LogP contribution is 2.36. The second-order valence-corrected chi connectivity index (χ2v) is 4.43. The molecule has 0 heterocycles. The molecule has 0 aliphatic heterocycles. The third kappa shape index (κ3) is 2.84. The summed E-state index contributed by atoms with van der Waals surface area (Å²) in [6, 6.07) is 7.28. The number of halogens is 1. The molecule has 1 aliphatic rings. The molecule has 1 atom stereocenters. The summed E-state index contributed by atoms with van der Waals surface area (Å²) in [5.41, 5.74) is 0.628. The highest BCUT2D eigenvalue weighted by molar-refractivity contribution is 5.45. The van der Waals surface area contributed by atoms with E-state index in [1.165, 1.54) is 18.9 Å².